The molecule has 5 nitrogen and oxygen atoms in total. The Labute approximate surface area is 162 Å². The molecule has 4 atom stereocenters. The van der Waals surface area contributed by atoms with Crippen molar-refractivity contribution in [2.45, 2.75) is 70.7 Å². The van der Waals surface area contributed by atoms with Crippen LogP contribution in [0.25, 0.3) is 0 Å². The summed E-state index contributed by atoms with van der Waals surface area (Å²) in [6, 6.07) is 0. The fourth-order valence-corrected chi connectivity index (χ4v) is 6.46. The van der Waals surface area contributed by atoms with E-state index in [1.165, 1.54) is 19.3 Å². The molecule has 2 aliphatic carbocycles. The Morgan fingerprint density at radius 3 is 2.63 bits per heavy atom. The van der Waals surface area contributed by atoms with Crippen molar-refractivity contribution in [1.82, 2.24) is 4.90 Å². The van der Waals surface area contributed by atoms with Crippen molar-refractivity contribution < 1.29 is 19.0 Å². The van der Waals surface area contributed by atoms with Crippen molar-refractivity contribution >= 4 is 5.97 Å². The minimum absolute atomic E-state index is 0.0289. The summed E-state index contributed by atoms with van der Waals surface area (Å²) < 4.78 is 17.6. The van der Waals surface area contributed by atoms with Gasteiger partial charge in [-0.25, -0.2) is 0 Å². The largest absolute Gasteiger partial charge is 0.462 e. The van der Waals surface area contributed by atoms with Crippen LogP contribution in [0.5, 0.6) is 0 Å². The Morgan fingerprint density at radius 2 is 1.89 bits per heavy atom. The molecule has 0 radical (unpaired) electrons. The number of likely N-dealkylation sites (tertiary alicyclic amines) is 1. The van der Waals surface area contributed by atoms with Crippen LogP contribution in [-0.4, -0.2) is 55.6 Å². The van der Waals surface area contributed by atoms with Gasteiger partial charge < -0.3 is 19.1 Å². The van der Waals surface area contributed by atoms with Crippen LogP contribution in [0.2, 0.25) is 0 Å². The first-order chi connectivity index (χ1) is 13.0. The van der Waals surface area contributed by atoms with E-state index in [1.54, 1.807) is 11.1 Å². The molecule has 3 aliphatic heterocycles. The number of rotatable bonds is 2. The third-order valence-electron chi connectivity index (χ3n) is 8.07. The average molecular weight is 376 g/mol. The number of allylic oxidation sites excluding steroid dienone is 2. The molecule has 0 aromatic rings. The number of piperidine rings is 1. The summed E-state index contributed by atoms with van der Waals surface area (Å²) in [4.78, 5) is 15.2. The second-order valence-electron chi connectivity index (χ2n) is 9.74. The molecule has 150 valence electrons. The van der Waals surface area contributed by atoms with Crippen LogP contribution in [0.4, 0.5) is 0 Å². The Kier molecular flexibility index (Phi) is 4.41. The first-order valence-corrected chi connectivity index (χ1v) is 10.9. The number of fused-ring (bicyclic) bond motifs is 2. The fourth-order valence-electron chi connectivity index (χ4n) is 6.46. The maximum Gasteiger partial charge on any atom is 0.310 e. The van der Waals surface area contributed by atoms with Crippen molar-refractivity contribution in [2.75, 3.05) is 32.8 Å². The molecule has 0 aromatic heterocycles. The SMILES string of the molecule is CC1=C2C[C@@H]3[C@H](CN4CCC5(CC4)OCCO5)C(=O)O[C@@H]3C[C@]2(C)CCC1. The molecule has 5 rings (SSSR count). The van der Waals surface area contributed by atoms with Gasteiger partial charge in [0.05, 0.1) is 19.1 Å². The molecule has 3 saturated heterocycles. The number of hydrogen-bond donors (Lipinski definition) is 0. The zero-order chi connectivity index (χ0) is 18.6. The Balaban J connectivity index is 1.28. The highest BCUT2D eigenvalue weighted by Gasteiger charge is 2.53. The Morgan fingerprint density at radius 1 is 1.15 bits per heavy atom. The molecule has 0 amide bonds. The third kappa shape index (κ3) is 3.06. The number of ether oxygens (including phenoxy) is 3. The lowest BCUT2D eigenvalue weighted by Gasteiger charge is -2.46. The first-order valence-electron chi connectivity index (χ1n) is 10.9. The minimum atomic E-state index is -0.341. The quantitative estimate of drug-likeness (QED) is 0.548. The molecule has 4 fully saturated rings. The highest BCUT2D eigenvalue weighted by Crippen LogP contribution is 2.55. The third-order valence-corrected chi connectivity index (χ3v) is 8.07. The van der Waals surface area contributed by atoms with E-state index in [0.717, 1.165) is 45.3 Å². The maximum atomic E-state index is 12.7. The second-order valence-corrected chi connectivity index (χ2v) is 9.74. The molecule has 1 spiro atoms. The summed E-state index contributed by atoms with van der Waals surface area (Å²) >= 11 is 0. The van der Waals surface area contributed by atoms with Crippen LogP contribution >= 0.6 is 0 Å². The molecule has 3 heterocycles. The van der Waals surface area contributed by atoms with Gasteiger partial charge in [0, 0.05) is 38.4 Å². The van der Waals surface area contributed by atoms with Gasteiger partial charge in [0.25, 0.3) is 0 Å². The van der Waals surface area contributed by atoms with Gasteiger partial charge in [-0.2, -0.15) is 0 Å². The van der Waals surface area contributed by atoms with Crippen LogP contribution in [0.15, 0.2) is 11.1 Å². The van der Waals surface area contributed by atoms with Crippen molar-refractivity contribution in [2.24, 2.45) is 17.3 Å². The van der Waals surface area contributed by atoms with Gasteiger partial charge in [-0.1, -0.05) is 18.1 Å². The van der Waals surface area contributed by atoms with E-state index in [9.17, 15) is 4.79 Å². The molecule has 0 N–H and O–H groups in total. The Bertz CT molecular complexity index is 643. The number of hydrogen-bond acceptors (Lipinski definition) is 5. The lowest BCUT2D eigenvalue weighted by atomic mass is 9.59. The van der Waals surface area contributed by atoms with Gasteiger partial charge in [0.1, 0.15) is 6.10 Å². The lowest BCUT2D eigenvalue weighted by Crippen LogP contribution is -2.48. The summed E-state index contributed by atoms with van der Waals surface area (Å²) in [7, 11) is 0. The van der Waals surface area contributed by atoms with Crippen molar-refractivity contribution in [3.8, 4) is 0 Å². The van der Waals surface area contributed by atoms with E-state index >= 15 is 0 Å². The molecule has 0 unspecified atom stereocenters. The van der Waals surface area contributed by atoms with E-state index in [4.69, 9.17) is 14.2 Å². The van der Waals surface area contributed by atoms with Crippen LogP contribution in [-0.2, 0) is 19.0 Å². The topological polar surface area (TPSA) is 48.0 Å². The van der Waals surface area contributed by atoms with Gasteiger partial charge in [-0.15, -0.1) is 0 Å². The normalized spacial score (nSPS) is 41.6. The van der Waals surface area contributed by atoms with E-state index in [-0.39, 0.29) is 29.2 Å². The van der Waals surface area contributed by atoms with Crippen LogP contribution in [0.1, 0.15) is 58.8 Å². The summed E-state index contributed by atoms with van der Waals surface area (Å²) in [6.07, 6.45) is 7.79. The zero-order valence-corrected chi connectivity index (χ0v) is 16.8. The van der Waals surface area contributed by atoms with Crippen molar-refractivity contribution in [3.05, 3.63) is 11.1 Å². The van der Waals surface area contributed by atoms with Crippen LogP contribution < -0.4 is 0 Å². The zero-order valence-electron chi connectivity index (χ0n) is 16.8. The summed E-state index contributed by atoms with van der Waals surface area (Å²) in [6.45, 7) is 8.86. The summed E-state index contributed by atoms with van der Waals surface area (Å²) in [5.74, 6) is 0.0928. The van der Waals surface area contributed by atoms with Gasteiger partial charge in [0.15, 0.2) is 5.79 Å². The Hall–Kier alpha value is -0.910. The van der Waals surface area contributed by atoms with E-state index in [0.29, 0.717) is 19.1 Å². The summed E-state index contributed by atoms with van der Waals surface area (Å²) in [5, 5.41) is 0. The van der Waals surface area contributed by atoms with E-state index in [2.05, 4.69) is 18.7 Å². The molecular formula is C22H33NO4. The molecule has 1 saturated carbocycles. The van der Waals surface area contributed by atoms with Crippen molar-refractivity contribution in [3.63, 3.8) is 0 Å². The molecule has 5 heteroatoms. The predicted octanol–water partition coefficient (Wildman–Crippen LogP) is 3.28. The van der Waals surface area contributed by atoms with Gasteiger partial charge in [-0.3, -0.25) is 4.79 Å². The predicted molar refractivity (Wildman–Crippen MR) is 101 cm³/mol. The van der Waals surface area contributed by atoms with Crippen LogP contribution in [0.3, 0.4) is 0 Å². The maximum absolute atomic E-state index is 12.7. The standard InChI is InChI=1S/C22H33NO4/c1-15-4-3-5-21(2)13-19-16(12-18(15)21)17(20(24)27-19)14-23-8-6-22(7-9-23)25-10-11-26-22/h16-17,19H,3-14H2,1-2H3/t16-,17+,19-,21+/m1/s1. The second kappa shape index (κ2) is 6.57. The molecule has 27 heavy (non-hydrogen) atoms. The fraction of sp³-hybridized carbons (Fsp3) is 0.864. The highest BCUT2D eigenvalue weighted by atomic mass is 16.7. The van der Waals surface area contributed by atoms with E-state index in [1.807, 2.05) is 0 Å². The number of esters is 1. The summed E-state index contributed by atoms with van der Waals surface area (Å²) in [5.41, 5.74) is 3.48. The van der Waals surface area contributed by atoms with E-state index < -0.39 is 0 Å². The van der Waals surface area contributed by atoms with Gasteiger partial charge in [-0.05, 0) is 44.4 Å². The van der Waals surface area contributed by atoms with Crippen LogP contribution in [0, 0.1) is 17.3 Å². The molecule has 0 aromatic carbocycles. The smallest absolute Gasteiger partial charge is 0.310 e. The minimum Gasteiger partial charge on any atom is -0.462 e. The molecule has 0 bridgehead atoms. The number of carbonyl (C=O) groups excluding carboxylic acids is 1. The highest BCUT2D eigenvalue weighted by molar-refractivity contribution is 5.76. The average Bonchev–Trinajstić information content (AvgIpc) is 3.20. The lowest BCUT2D eigenvalue weighted by molar-refractivity contribution is -0.186. The monoisotopic (exact) mass is 375 g/mol. The van der Waals surface area contributed by atoms with Gasteiger partial charge in [0.2, 0.25) is 0 Å². The van der Waals surface area contributed by atoms with Crippen molar-refractivity contribution in [1.29, 1.82) is 0 Å². The molecular weight excluding hydrogens is 342 g/mol. The number of nitrogens with zero attached hydrogens (tertiary/aromatic N) is 1. The first kappa shape index (κ1) is 18.1. The number of carbonyl (C=O) groups is 1. The van der Waals surface area contributed by atoms with Gasteiger partial charge >= 0.3 is 5.97 Å². The molecule has 5 aliphatic rings.